The van der Waals surface area contributed by atoms with Gasteiger partial charge in [0.15, 0.2) is 0 Å². The molecule has 0 N–H and O–H groups in total. The number of thiol groups is 2. The largest absolute Gasteiger partial charge is 0.259 e. The number of hydrogen-bond acceptors (Lipinski definition) is 4. The van der Waals surface area contributed by atoms with Gasteiger partial charge in [-0.15, -0.1) is 25.3 Å². The van der Waals surface area contributed by atoms with Gasteiger partial charge in [0.25, 0.3) is 6.20 Å². The van der Waals surface area contributed by atoms with Crippen LogP contribution in [0.3, 0.4) is 0 Å². The van der Waals surface area contributed by atoms with Gasteiger partial charge >= 0.3 is 0 Å². The zero-order valence-corrected chi connectivity index (χ0v) is 13.3. The number of hydrogen-bond donors (Lipinski definition) is 2. The molecule has 0 aliphatic carbocycles. The summed E-state index contributed by atoms with van der Waals surface area (Å²) in [5, 5.41) is 9.44. The van der Waals surface area contributed by atoms with Gasteiger partial charge in [-0.3, -0.25) is 10.1 Å². The second-order valence-corrected chi connectivity index (χ2v) is 2.09. The molecule has 0 aromatic heterocycles. The van der Waals surface area contributed by atoms with Crippen LogP contribution in [0.25, 0.3) is 0 Å². The van der Waals surface area contributed by atoms with Gasteiger partial charge in [-0.1, -0.05) is 0 Å². The summed E-state index contributed by atoms with van der Waals surface area (Å²) in [5.74, 6) is 0. The van der Waals surface area contributed by atoms with Crippen LogP contribution in [0.2, 0.25) is 0 Å². The average molecular weight is 215 g/mol. The molecule has 0 saturated heterocycles. The van der Waals surface area contributed by atoms with E-state index in [1.54, 1.807) is 0 Å². The van der Waals surface area contributed by atoms with E-state index in [-0.39, 0.29) is 107 Å². The van der Waals surface area contributed by atoms with E-state index in [9.17, 15) is 10.1 Å². The summed E-state index contributed by atoms with van der Waals surface area (Å²) in [6.07, 6.45) is 0.701. The first-order valence-corrected chi connectivity index (χ1v) is 2.25. The Hall–Kier alpha value is 3.11. The maximum absolute atomic E-state index is 9.44. The summed E-state index contributed by atoms with van der Waals surface area (Å²) in [5.41, 5.74) is 0. The van der Waals surface area contributed by atoms with Gasteiger partial charge in [0.2, 0.25) is 0 Å². The minimum absolute atomic E-state index is 0. The Balaban J connectivity index is -0.000000180. The summed E-state index contributed by atoms with van der Waals surface area (Å²) in [6.45, 7) is 0. The molecule has 0 aromatic rings. The molecule has 0 heterocycles. The molecule has 2 radical (unpaired) electrons. The first-order valence-electron chi connectivity index (χ1n) is 1.36. The van der Waals surface area contributed by atoms with Crippen LogP contribution in [0.4, 0.5) is 0 Å². The predicted molar refractivity (Wildman–Crippen MR) is 44.6 cm³/mol. The molecule has 0 rings (SSSR count). The topological polar surface area (TPSA) is 43.1 Å². The van der Waals surface area contributed by atoms with Crippen LogP contribution >= 0.6 is 25.3 Å². The number of nitrogens with zero attached hydrogens (tertiary/aromatic N) is 1. The monoisotopic (exact) mass is 215 g/mol. The van der Waals surface area contributed by atoms with Crippen molar-refractivity contribution >= 4 is 128 Å². The van der Waals surface area contributed by atoms with Crippen LogP contribution in [0.5, 0.6) is 0 Å². The summed E-state index contributed by atoms with van der Waals surface area (Å²) < 4.78 is 0.102. The van der Waals surface area contributed by atoms with E-state index < -0.39 is 4.92 Å². The summed E-state index contributed by atoms with van der Waals surface area (Å²) >= 11 is 7.04. The molecule has 0 atom stereocenters. The molecular weight excluding hydrogens is 212 g/mol. The summed E-state index contributed by atoms with van der Waals surface area (Å²) in [4.78, 5) is 8.83. The van der Waals surface area contributed by atoms with E-state index in [2.05, 4.69) is 25.3 Å². The van der Waals surface area contributed by atoms with Gasteiger partial charge in [-0.05, 0) is 0 Å². The van der Waals surface area contributed by atoms with Crippen molar-refractivity contribution in [3.05, 3.63) is 20.6 Å². The number of nitro groups is 1. The molecule has 0 spiro atoms. The third kappa shape index (κ3) is 18.2. The molecule has 3 nitrogen and oxygen atoms in total. The summed E-state index contributed by atoms with van der Waals surface area (Å²) in [7, 11) is 0. The predicted octanol–water partition coefficient (Wildman–Crippen LogP) is 0.160. The van der Waals surface area contributed by atoms with Crippen molar-refractivity contribution in [3.8, 4) is 0 Å². The van der Waals surface area contributed by atoms with Crippen molar-refractivity contribution in [2.45, 2.75) is 0 Å². The molecule has 0 saturated carbocycles. The van der Waals surface area contributed by atoms with Crippen molar-refractivity contribution in [2.24, 2.45) is 0 Å². The van der Waals surface area contributed by atoms with E-state index in [4.69, 9.17) is 0 Å². The second kappa shape index (κ2) is 11.1. The Morgan fingerprint density at radius 1 is 1.44 bits per heavy atom. The van der Waals surface area contributed by atoms with E-state index in [1.807, 2.05) is 0 Å². The molecule has 0 amide bonds. The Kier molecular flexibility index (Phi) is 22.2. The summed E-state index contributed by atoms with van der Waals surface area (Å²) in [6, 6.07) is 0. The number of rotatable bonds is 1. The molecule has 42 valence electrons. The van der Waals surface area contributed by atoms with Crippen LogP contribution in [-0.2, 0) is 0 Å². The molecular formula is C2H3K2NO2S2. The third-order valence-electron chi connectivity index (χ3n) is 0.221. The molecule has 0 aliphatic rings. The quantitative estimate of drug-likeness (QED) is 0.283. The van der Waals surface area contributed by atoms with E-state index in [1.165, 1.54) is 0 Å². The van der Waals surface area contributed by atoms with Gasteiger partial charge in [0.05, 0.1) is 4.92 Å². The normalized spacial score (nSPS) is 6.00. The van der Waals surface area contributed by atoms with Crippen LogP contribution < -0.4 is 0 Å². The van der Waals surface area contributed by atoms with Crippen LogP contribution in [0.1, 0.15) is 0 Å². The van der Waals surface area contributed by atoms with E-state index >= 15 is 0 Å². The maximum atomic E-state index is 9.44. The van der Waals surface area contributed by atoms with Crippen molar-refractivity contribution in [1.29, 1.82) is 0 Å². The Labute approximate surface area is 149 Å². The first-order chi connectivity index (χ1) is 3.13. The van der Waals surface area contributed by atoms with Gasteiger partial charge in [-0.25, -0.2) is 0 Å². The molecule has 0 aliphatic heterocycles. The molecule has 9 heavy (non-hydrogen) atoms. The second-order valence-electron chi connectivity index (χ2n) is 0.773. The van der Waals surface area contributed by atoms with Crippen LogP contribution in [0, 0.1) is 10.1 Å². The van der Waals surface area contributed by atoms with Crippen LogP contribution in [0.15, 0.2) is 10.4 Å². The SMILES string of the molecule is O=[N+]([O-])C=C(S)S.[K].[K]. The van der Waals surface area contributed by atoms with Gasteiger partial charge < -0.3 is 0 Å². The standard InChI is InChI=1S/C2H3NO2S2.2K/c4-3(5)1-2(6)7;;/h1,6-7H;;. The van der Waals surface area contributed by atoms with Crippen LogP contribution in [-0.4, -0.2) is 108 Å². The smallest absolute Gasteiger partial charge is 0.253 e. The average Bonchev–Trinajstić information content (AvgIpc) is 1.27. The molecule has 0 aromatic carbocycles. The van der Waals surface area contributed by atoms with Crippen molar-refractivity contribution in [1.82, 2.24) is 0 Å². The fraction of sp³-hybridized carbons (Fsp3) is 0. The van der Waals surface area contributed by atoms with Gasteiger partial charge in [0.1, 0.15) is 4.24 Å². The van der Waals surface area contributed by atoms with Crippen molar-refractivity contribution < 1.29 is 4.92 Å². The van der Waals surface area contributed by atoms with E-state index in [0.29, 0.717) is 6.20 Å². The Bertz CT molecular complexity index is 113. The molecule has 0 fully saturated rings. The fourth-order valence-electron chi connectivity index (χ4n) is 0.0943. The zero-order chi connectivity index (χ0) is 5.86. The molecule has 0 unspecified atom stereocenters. The first kappa shape index (κ1) is 18.0. The minimum Gasteiger partial charge on any atom is -0.259 e. The zero-order valence-electron chi connectivity index (χ0n) is 5.24. The molecule has 7 heteroatoms. The third-order valence-corrected chi connectivity index (χ3v) is 0.452. The van der Waals surface area contributed by atoms with Gasteiger partial charge in [0, 0.05) is 103 Å². The van der Waals surface area contributed by atoms with Crippen molar-refractivity contribution in [2.75, 3.05) is 0 Å². The minimum atomic E-state index is -0.616. The van der Waals surface area contributed by atoms with Crippen molar-refractivity contribution in [3.63, 3.8) is 0 Å². The van der Waals surface area contributed by atoms with E-state index in [0.717, 1.165) is 0 Å². The maximum Gasteiger partial charge on any atom is 0.253 e. The Morgan fingerprint density at radius 2 is 1.78 bits per heavy atom. The Morgan fingerprint density at radius 3 is 1.78 bits per heavy atom. The fourth-order valence-corrected chi connectivity index (χ4v) is 0.283. The van der Waals surface area contributed by atoms with Gasteiger partial charge in [-0.2, -0.15) is 0 Å². The molecule has 0 bridgehead atoms.